The molecule has 6 fully saturated rings. The first-order chi connectivity index (χ1) is 72.6. The summed E-state index contributed by atoms with van der Waals surface area (Å²) < 4.78 is 99.3. The molecule has 39 heteroatoms. The van der Waals surface area contributed by atoms with Crippen LogP contribution in [0.1, 0.15) is 16.7 Å². The number of halogens is 9. The number of alkyl halides is 6. The molecule has 6 aliphatic heterocycles. The number of aromatic nitrogens is 12. The van der Waals surface area contributed by atoms with Gasteiger partial charge >= 0.3 is 12.4 Å². The van der Waals surface area contributed by atoms with E-state index >= 15 is 0 Å². The number of rotatable bonds is 12. The Balaban J connectivity index is 0.000000113. The van der Waals surface area contributed by atoms with E-state index < -0.39 is 23.5 Å². The second kappa shape index (κ2) is 46.3. The summed E-state index contributed by atoms with van der Waals surface area (Å²) in [6.07, 6.45) is 2.13. The highest BCUT2D eigenvalue weighted by atomic mass is 35.5. The van der Waals surface area contributed by atoms with Crippen LogP contribution in [0.25, 0.3) is 101 Å². The Morgan fingerprint density at radius 2 is 0.473 bits per heavy atom. The predicted molar refractivity (Wildman–Crippen MR) is 577 cm³/mol. The number of pyridine rings is 6. The van der Waals surface area contributed by atoms with Gasteiger partial charge in [0, 0.05) is 274 Å². The second-order valence-corrected chi connectivity index (χ2v) is 37.4. The van der Waals surface area contributed by atoms with Gasteiger partial charge in [-0.2, -0.15) is 26.3 Å². The number of benzene rings is 6. The molecular formula is C111H105Cl2F7N24O6. The van der Waals surface area contributed by atoms with Crippen molar-refractivity contribution in [2.45, 2.75) is 19.3 Å². The van der Waals surface area contributed by atoms with Gasteiger partial charge in [-0.1, -0.05) is 95.5 Å². The van der Waals surface area contributed by atoms with Crippen LogP contribution in [-0.2, 0) is 12.4 Å². The van der Waals surface area contributed by atoms with Gasteiger partial charge in [0.15, 0.2) is 0 Å². The number of aryl methyl sites for hydroxylation is 1. The highest BCUT2D eigenvalue weighted by molar-refractivity contribution is 6.31. The zero-order valence-corrected chi connectivity index (χ0v) is 83.1. The second-order valence-electron chi connectivity index (χ2n) is 36.5. The first kappa shape index (κ1) is 103. The molecule has 30 nitrogen and oxygen atoms in total. The normalized spacial score (nSPS) is 15.1. The molecule has 0 radical (unpaired) electrons. The van der Waals surface area contributed by atoms with Crippen molar-refractivity contribution in [3.05, 3.63) is 387 Å². The van der Waals surface area contributed by atoms with E-state index in [0.717, 1.165) is 249 Å². The smallest absolute Gasteiger partial charge is 0.368 e. The molecule has 6 aliphatic rings. The third kappa shape index (κ3) is 24.9. The van der Waals surface area contributed by atoms with Crippen molar-refractivity contribution in [2.24, 2.45) is 0 Å². The summed E-state index contributed by atoms with van der Waals surface area (Å²) in [6.45, 7) is 24.1. The lowest BCUT2D eigenvalue weighted by atomic mass is 10.1. The topological polar surface area (TPSA) is 298 Å². The molecule has 18 aromatic rings. The first-order valence-corrected chi connectivity index (χ1v) is 50.1. The Hall–Kier alpha value is -15.9. The van der Waals surface area contributed by atoms with E-state index in [1.807, 2.05) is 147 Å². The summed E-state index contributed by atoms with van der Waals surface area (Å²) >= 11 is 12.0. The van der Waals surface area contributed by atoms with Crippen LogP contribution in [0.15, 0.2) is 321 Å². The summed E-state index contributed by atoms with van der Waals surface area (Å²) in [6, 6.07) is 70.0. The highest BCUT2D eigenvalue weighted by Crippen LogP contribution is 2.35. The largest absolute Gasteiger partial charge is 0.416 e. The summed E-state index contributed by atoms with van der Waals surface area (Å²) in [4.78, 5) is 116. The van der Waals surface area contributed by atoms with Gasteiger partial charge in [0.1, 0.15) is 39.7 Å². The van der Waals surface area contributed by atoms with Crippen molar-refractivity contribution < 1.29 is 30.7 Å². The van der Waals surface area contributed by atoms with Crippen molar-refractivity contribution in [1.82, 2.24) is 88.2 Å². The summed E-state index contributed by atoms with van der Waals surface area (Å²) in [7, 11) is 0. The molecule has 0 saturated carbocycles. The molecular weight excluding hydrogens is 1970 g/mol. The molecule has 6 saturated heterocycles. The maximum absolute atomic E-state index is 13.1. The molecule has 150 heavy (non-hydrogen) atoms. The zero-order valence-electron chi connectivity index (χ0n) is 81.6. The lowest BCUT2D eigenvalue weighted by Gasteiger charge is -2.29. The van der Waals surface area contributed by atoms with Crippen LogP contribution < -0.4 is 94.7 Å². The SMILES string of the molecule is Cc1cccc(-c2cc(=O)n3cc(N4CCNCC4)ccc3n2)c1.O=c1cc(-c2ccc(C(F)(F)F)cc2)nc2ccc(N3CCNCC3)cn12.O=c1cc(-c2ccc(Cl)cc2)nc2ccc(N3CCNCC3)cn12.O=c1cc(-c2ccc(F)cc2)nc2ccc(N3CCNCC3)cn12.O=c1cc(-c2cccc(C(F)(F)F)c2)nc2ccc(N3CCNCC3)cn12.O=c1cc(-c2cccc(Cl)c2)nc2ccc(N3CCNCC3)cn12. The van der Waals surface area contributed by atoms with E-state index in [4.69, 9.17) is 23.2 Å². The van der Waals surface area contributed by atoms with Gasteiger partial charge < -0.3 is 61.3 Å². The van der Waals surface area contributed by atoms with Crippen molar-refractivity contribution in [1.29, 1.82) is 0 Å². The van der Waals surface area contributed by atoms with E-state index in [2.05, 4.69) is 91.2 Å². The fourth-order valence-corrected chi connectivity index (χ4v) is 18.8. The van der Waals surface area contributed by atoms with Crippen molar-refractivity contribution in [2.75, 3.05) is 186 Å². The molecule has 0 bridgehead atoms. The third-order valence-corrected chi connectivity index (χ3v) is 27.0. The molecule has 0 atom stereocenters. The van der Waals surface area contributed by atoms with Crippen molar-refractivity contribution in [3.63, 3.8) is 0 Å². The fourth-order valence-electron chi connectivity index (χ4n) is 18.5. The lowest BCUT2D eigenvalue weighted by molar-refractivity contribution is -0.138. The van der Waals surface area contributed by atoms with Crippen LogP contribution >= 0.6 is 23.2 Å². The molecule has 24 rings (SSSR count). The minimum Gasteiger partial charge on any atom is -0.368 e. The summed E-state index contributed by atoms with van der Waals surface area (Å²) in [5.74, 6) is -0.308. The number of nitrogens with zero attached hydrogens (tertiary/aromatic N) is 18. The zero-order chi connectivity index (χ0) is 104. The summed E-state index contributed by atoms with van der Waals surface area (Å²) in [5.41, 5.74) is 15.4. The highest BCUT2D eigenvalue weighted by Gasteiger charge is 2.32. The van der Waals surface area contributed by atoms with E-state index in [-0.39, 0.29) is 50.4 Å². The molecule has 6 aromatic carbocycles. The molecule has 0 amide bonds. The van der Waals surface area contributed by atoms with E-state index in [9.17, 15) is 59.5 Å². The lowest BCUT2D eigenvalue weighted by Crippen LogP contribution is -2.43. The molecule has 12 aromatic heterocycles. The Bertz CT molecular complexity index is 8000. The molecule has 768 valence electrons. The number of hydrogen-bond acceptors (Lipinski definition) is 24. The number of anilines is 6. The Morgan fingerprint density at radius 1 is 0.240 bits per heavy atom. The number of fused-ring (bicyclic) bond motifs is 6. The molecule has 0 unspecified atom stereocenters. The minimum absolute atomic E-state index is 0.0477. The molecule has 0 aliphatic carbocycles. The fraction of sp³-hybridized carbons (Fsp3) is 0.243. The van der Waals surface area contributed by atoms with Crippen LogP contribution in [0.2, 0.25) is 10.0 Å². The Kier molecular flexibility index (Phi) is 31.7. The van der Waals surface area contributed by atoms with Gasteiger partial charge in [-0.3, -0.25) is 55.2 Å². The van der Waals surface area contributed by atoms with Crippen LogP contribution in [-0.4, -0.2) is 213 Å². The Labute approximate surface area is 865 Å². The van der Waals surface area contributed by atoms with E-state index in [1.165, 1.54) is 63.4 Å². The quantitative estimate of drug-likeness (QED) is 0.0619. The minimum atomic E-state index is -4.44. The van der Waals surface area contributed by atoms with Crippen LogP contribution in [0, 0.1) is 12.7 Å². The average Bonchev–Trinajstić information content (AvgIpc) is 0.830. The van der Waals surface area contributed by atoms with Crippen LogP contribution in [0.5, 0.6) is 0 Å². The third-order valence-electron chi connectivity index (χ3n) is 26.5. The van der Waals surface area contributed by atoms with E-state index in [0.29, 0.717) is 72.3 Å². The van der Waals surface area contributed by atoms with Crippen LogP contribution in [0.3, 0.4) is 0 Å². The number of nitrogens with one attached hydrogen (secondary N) is 6. The van der Waals surface area contributed by atoms with E-state index in [1.54, 1.807) is 90.7 Å². The van der Waals surface area contributed by atoms with Gasteiger partial charge in [0.05, 0.1) is 79.4 Å². The molecule has 0 spiro atoms. The maximum atomic E-state index is 13.1. The number of piperazine rings is 6. The van der Waals surface area contributed by atoms with Gasteiger partial charge in [-0.25, -0.2) is 34.3 Å². The predicted octanol–water partition coefficient (Wildman–Crippen LogP) is 14.4. The number of hydrogen-bond donors (Lipinski definition) is 6. The monoisotopic (exact) mass is 2070 g/mol. The van der Waals surface area contributed by atoms with Crippen molar-refractivity contribution in [3.8, 4) is 67.5 Å². The van der Waals surface area contributed by atoms with Crippen LogP contribution in [0.4, 0.5) is 64.9 Å². The van der Waals surface area contributed by atoms with Gasteiger partial charge in [0.2, 0.25) is 0 Å². The molecule has 6 N–H and O–H groups in total. The van der Waals surface area contributed by atoms with Gasteiger partial charge in [-0.05, 0) is 159 Å². The first-order valence-electron chi connectivity index (χ1n) is 49.3. The summed E-state index contributed by atoms with van der Waals surface area (Å²) in [5, 5.41) is 21.2. The standard InChI is InChI=1S/2C19H17F3N4O.C19H20N4O.2C18H17ClN4O.C18H17FN4O/c20-19(21,22)14-3-1-13(2-4-14)16-11-18(27)26-12-15(5-6-17(26)24-16)25-9-7-23-8-10-25;20-19(21,22)14-3-1-2-13(10-14)16-11-18(27)26-12-15(4-5-17(26)24-16)25-8-6-23-7-9-25;1-14-3-2-4-15(11-14)17-12-19(24)23-13-16(5-6-18(23)21-17)22-9-7-20-8-10-22;19-14-3-1-13(2-4-14)16-11-18(24)23-12-15(5-6-17(23)21-16)22-9-7-20-8-10-22;19-14-3-1-2-13(10-14)16-11-18(24)23-12-15(4-5-17(23)21-16)22-8-6-20-7-9-22;19-14-3-1-13(2-4-14)16-11-18(24)23-12-15(5-6-17(23)21-16)22-9-7-20-8-10-22/h1-6,11-12,23H,7-10H2;1-5,10-12,23H,6-9H2;2-6,11-13,20H,7-10H2,1H3;1-6,11-12,20H,7-10H2;1-5,10-12,20H,6-9H2;1-6,11-12,20H,7-10H2. The van der Waals surface area contributed by atoms with Gasteiger partial charge in [0.25, 0.3) is 33.4 Å². The molecule has 18 heterocycles. The average molecular weight is 2080 g/mol. The van der Waals surface area contributed by atoms with Crippen molar-refractivity contribution >= 4 is 91.2 Å². The maximum Gasteiger partial charge on any atom is 0.416 e. The Morgan fingerprint density at radius 3 is 0.733 bits per heavy atom. The van der Waals surface area contributed by atoms with Gasteiger partial charge in [-0.15, -0.1) is 0 Å².